The Morgan fingerprint density at radius 3 is 2.00 bits per heavy atom. The summed E-state index contributed by atoms with van der Waals surface area (Å²) >= 11 is 0. The molecule has 3 aromatic heterocycles. The van der Waals surface area contributed by atoms with Crippen LogP contribution in [0.25, 0.3) is 22.2 Å². The van der Waals surface area contributed by atoms with Crippen molar-refractivity contribution < 1.29 is 19.4 Å². The first kappa shape index (κ1) is 32.9. The third-order valence-corrected chi connectivity index (χ3v) is 9.81. The second kappa shape index (κ2) is 14.2. The van der Waals surface area contributed by atoms with Gasteiger partial charge in [0.05, 0.1) is 30.1 Å². The van der Waals surface area contributed by atoms with Gasteiger partial charge in [-0.1, -0.05) is 103 Å². The molecular formula is C42H38N6O4. The number of ether oxygens (including phenoxy) is 2. The first-order chi connectivity index (χ1) is 25.6. The SMILES string of the molecule is COc1ccc(Cn2nc(-c3cn(C(c4ccccc4)(c4ccccc4)c4ccccc4)nc3C(=O)O)c3c(NC4CCOCC4)nccc32)cc1. The standard InChI is InChI=1S/C42H38N6O4/c1-51-34-19-17-29(18-20-34)27-47-36-21-24-43-40(44-33-22-25-52-26-23-33)37(36)38(45-47)35-28-48(46-39(35)41(49)50)42(30-11-5-2-6-12-30,31-13-7-3-8-14-31)32-15-9-4-10-16-32/h2-21,24,28,33H,22-23,25-27H2,1H3,(H,43,44)(H,49,50). The fourth-order valence-corrected chi connectivity index (χ4v) is 7.29. The van der Waals surface area contributed by atoms with Gasteiger partial charge in [-0.05, 0) is 53.3 Å². The molecule has 0 spiro atoms. The molecule has 2 N–H and O–H groups in total. The van der Waals surface area contributed by atoms with Gasteiger partial charge in [0.15, 0.2) is 5.69 Å². The maximum Gasteiger partial charge on any atom is 0.357 e. The van der Waals surface area contributed by atoms with Crippen LogP contribution in [0.15, 0.2) is 134 Å². The predicted molar refractivity (Wildman–Crippen MR) is 200 cm³/mol. The number of carbonyl (C=O) groups is 1. The lowest BCUT2D eigenvalue weighted by molar-refractivity contribution is 0.0689. The topological polar surface area (TPSA) is 116 Å². The molecule has 0 unspecified atom stereocenters. The van der Waals surface area contributed by atoms with Gasteiger partial charge in [0, 0.05) is 31.6 Å². The maximum absolute atomic E-state index is 13.3. The van der Waals surface area contributed by atoms with Gasteiger partial charge in [-0.3, -0.25) is 9.36 Å². The van der Waals surface area contributed by atoms with Gasteiger partial charge in [0.2, 0.25) is 0 Å². The molecule has 1 fully saturated rings. The minimum Gasteiger partial charge on any atom is -0.497 e. The van der Waals surface area contributed by atoms with E-state index in [1.54, 1.807) is 18.0 Å². The van der Waals surface area contributed by atoms with Gasteiger partial charge < -0.3 is 19.9 Å². The monoisotopic (exact) mass is 690 g/mol. The number of benzene rings is 4. The second-order valence-corrected chi connectivity index (χ2v) is 12.9. The van der Waals surface area contributed by atoms with E-state index in [1.807, 2.05) is 95.8 Å². The van der Waals surface area contributed by atoms with Crippen LogP contribution in [0.3, 0.4) is 0 Å². The Balaban J connectivity index is 1.38. The van der Waals surface area contributed by atoms with Crippen molar-refractivity contribution in [2.75, 3.05) is 25.6 Å². The molecule has 52 heavy (non-hydrogen) atoms. The number of hydrogen-bond donors (Lipinski definition) is 2. The highest BCUT2D eigenvalue weighted by molar-refractivity contribution is 6.05. The van der Waals surface area contributed by atoms with Crippen molar-refractivity contribution in [1.29, 1.82) is 0 Å². The molecule has 0 bridgehead atoms. The third kappa shape index (κ3) is 5.96. The molecule has 0 atom stereocenters. The van der Waals surface area contributed by atoms with Crippen LogP contribution in [0.4, 0.5) is 5.82 Å². The van der Waals surface area contributed by atoms with Crippen molar-refractivity contribution in [1.82, 2.24) is 24.5 Å². The average molecular weight is 691 g/mol. The molecule has 7 aromatic rings. The van der Waals surface area contributed by atoms with Crippen LogP contribution in [-0.4, -0.2) is 62.0 Å². The van der Waals surface area contributed by atoms with Gasteiger partial charge in [-0.25, -0.2) is 9.78 Å². The lowest BCUT2D eigenvalue weighted by Gasteiger charge is -2.36. The summed E-state index contributed by atoms with van der Waals surface area (Å²) in [6, 6.07) is 40.1. The van der Waals surface area contributed by atoms with Gasteiger partial charge >= 0.3 is 5.97 Å². The molecule has 0 amide bonds. The van der Waals surface area contributed by atoms with Gasteiger partial charge in [-0.15, -0.1) is 0 Å². The average Bonchev–Trinajstić information content (AvgIpc) is 3.80. The van der Waals surface area contributed by atoms with E-state index in [1.165, 1.54) is 0 Å². The lowest BCUT2D eigenvalue weighted by Crippen LogP contribution is -2.38. The molecule has 10 heteroatoms. The Morgan fingerprint density at radius 1 is 0.846 bits per heavy atom. The van der Waals surface area contributed by atoms with E-state index in [0.717, 1.165) is 51.7 Å². The molecule has 1 aliphatic rings. The number of hydrogen-bond acceptors (Lipinski definition) is 7. The number of nitrogens with one attached hydrogen (secondary N) is 1. The normalized spacial score (nSPS) is 13.6. The highest BCUT2D eigenvalue weighted by atomic mass is 16.5. The molecule has 1 saturated heterocycles. The highest BCUT2D eigenvalue weighted by Crippen LogP contribution is 2.43. The van der Waals surface area contributed by atoms with Crippen LogP contribution in [0.2, 0.25) is 0 Å². The molecule has 0 saturated carbocycles. The Labute approximate surface area is 301 Å². The zero-order chi connectivity index (χ0) is 35.5. The molecule has 4 aromatic carbocycles. The highest BCUT2D eigenvalue weighted by Gasteiger charge is 2.41. The Morgan fingerprint density at radius 2 is 1.44 bits per heavy atom. The van der Waals surface area contributed by atoms with Crippen LogP contribution in [0, 0.1) is 0 Å². The number of fused-ring (bicyclic) bond motifs is 1. The summed E-state index contributed by atoms with van der Waals surface area (Å²) in [4.78, 5) is 18.1. The van der Waals surface area contributed by atoms with E-state index in [0.29, 0.717) is 36.8 Å². The van der Waals surface area contributed by atoms with Crippen LogP contribution >= 0.6 is 0 Å². The first-order valence-corrected chi connectivity index (χ1v) is 17.4. The second-order valence-electron chi connectivity index (χ2n) is 12.9. The zero-order valence-corrected chi connectivity index (χ0v) is 28.7. The number of methoxy groups -OCH3 is 1. The van der Waals surface area contributed by atoms with Crippen molar-refractivity contribution in [3.8, 4) is 17.0 Å². The van der Waals surface area contributed by atoms with E-state index in [-0.39, 0.29) is 11.7 Å². The van der Waals surface area contributed by atoms with E-state index >= 15 is 0 Å². The molecule has 0 radical (unpaired) electrons. The van der Waals surface area contributed by atoms with Crippen LogP contribution in [-0.2, 0) is 16.8 Å². The van der Waals surface area contributed by atoms with Crippen molar-refractivity contribution in [3.63, 3.8) is 0 Å². The smallest absolute Gasteiger partial charge is 0.357 e. The van der Waals surface area contributed by atoms with E-state index in [2.05, 4.69) is 41.7 Å². The fraction of sp³-hybridized carbons (Fsp3) is 0.190. The summed E-state index contributed by atoms with van der Waals surface area (Å²) in [7, 11) is 1.64. The number of rotatable bonds is 11. The van der Waals surface area contributed by atoms with Crippen molar-refractivity contribution in [2.24, 2.45) is 0 Å². The molecule has 0 aliphatic carbocycles. The molecular weight excluding hydrogens is 653 g/mol. The summed E-state index contributed by atoms with van der Waals surface area (Å²) in [6.45, 7) is 1.77. The van der Waals surface area contributed by atoms with Gasteiger partial charge in [0.1, 0.15) is 22.8 Å². The summed E-state index contributed by atoms with van der Waals surface area (Å²) < 4.78 is 14.7. The number of aromatic nitrogens is 5. The van der Waals surface area contributed by atoms with Crippen molar-refractivity contribution in [2.45, 2.75) is 31.0 Å². The number of carboxylic acid groups (broad SMARTS) is 1. The first-order valence-electron chi connectivity index (χ1n) is 17.4. The number of pyridine rings is 1. The fourth-order valence-electron chi connectivity index (χ4n) is 7.29. The summed E-state index contributed by atoms with van der Waals surface area (Å²) in [5.41, 5.74) is 4.36. The number of aromatic carboxylic acids is 1. The molecule has 4 heterocycles. The van der Waals surface area contributed by atoms with E-state index in [4.69, 9.17) is 24.7 Å². The number of anilines is 1. The van der Waals surface area contributed by atoms with E-state index in [9.17, 15) is 9.90 Å². The Bertz CT molecular complexity index is 2200. The molecule has 10 nitrogen and oxygen atoms in total. The third-order valence-electron chi connectivity index (χ3n) is 9.81. The number of nitrogens with zero attached hydrogens (tertiary/aromatic N) is 5. The summed E-state index contributed by atoms with van der Waals surface area (Å²) in [5, 5.41) is 25.3. The molecule has 260 valence electrons. The largest absolute Gasteiger partial charge is 0.497 e. The maximum atomic E-state index is 13.3. The Hall–Kier alpha value is -6.26. The van der Waals surface area contributed by atoms with E-state index < -0.39 is 11.5 Å². The quantitative estimate of drug-likeness (QED) is 0.134. The van der Waals surface area contributed by atoms with Gasteiger partial charge in [-0.2, -0.15) is 10.2 Å². The summed E-state index contributed by atoms with van der Waals surface area (Å²) in [6.07, 6.45) is 5.27. The van der Waals surface area contributed by atoms with Crippen molar-refractivity contribution in [3.05, 3.63) is 162 Å². The molecule has 8 rings (SSSR count). The van der Waals surface area contributed by atoms with Crippen LogP contribution in [0.1, 0.15) is 45.6 Å². The van der Waals surface area contributed by atoms with Crippen molar-refractivity contribution >= 4 is 22.7 Å². The molecule has 1 aliphatic heterocycles. The number of carboxylic acids is 1. The van der Waals surface area contributed by atoms with Crippen LogP contribution in [0.5, 0.6) is 5.75 Å². The Kier molecular flexibility index (Phi) is 8.97. The predicted octanol–water partition coefficient (Wildman–Crippen LogP) is 7.48. The zero-order valence-electron chi connectivity index (χ0n) is 28.7. The van der Waals surface area contributed by atoms with Crippen LogP contribution < -0.4 is 10.1 Å². The van der Waals surface area contributed by atoms with Gasteiger partial charge in [0.25, 0.3) is 0 Å². The lowest BCUT2D eigenvalue weighted by atomic mass is 9.77. The minimum absolute atomic E-state index is 0.107. The summed E-state index contributed by atoms with van der Waals surface area (Å²) in [5.74, 6) is 0.251. The minimum atomic E-state index is -1.16.